The Morgan fingerprint density at radius 3 is 2.22 bits per heavy atom. The van der Waals surface area contributed by atoms with Gasteiger partial charge in [0.2, 0.25) is 0 Å². The first kappa shape index (κ1) is 18.5. The number of benzene rings is 2. The number of piperidine rings is 1. The Morgan fingerprint density at radius 1 is 0.926 bits per heavy atom. The maximum Gasteiger partial charge on any atom is 0.181 e. The van der Waals surface area contributed by atoms with Crippen LogP contribution < -0.4 is 4.90 Å². The van der Waals surface area contributed by atoms with Gasteiger partial charge in [0.1, 0.15) is 0 Å². The van der Waals surface area contributed by atoms with Crippen molar-refractivity contribution in [2.45, 2.75) is 23.0 Å². The van der Waals surface area contributed by atoms with Gasteiger partial charge in [0.25, 0.3) is 0 Å². The molecule has 0 aliphatic carbocycles. The quantitative estimate of drug-likeness (QED) is 0.598. The van der Waals surface area contributed by atoms with Crippen LogP contribution in [0.1, 0.15) is 12.8 Å². The lowest BCUT2D eigenvalue weighted by atomic mass is 10.1. The molecule has 140 valence electrons. The molecule has 0 saturated carbocycles. The number of sulfone groups is 1. The standard InChI is InChI=1S/C20H18Cl2N2O2S/c21-18-12-23-13-19(22)20(18)24-9-7-16(8-10-24)27(25,26)17-6-5-14-3-1-2-4-15(14)11-17/h1-6,11-13,16H,7-10H2. The van der Waals surface area contributed by atoms with E-state index in [9.17, 15) is 8.42 Å². The Balaban J connectivity index is 1.56. The maximum atomic E-state index is 13.1. The minimum Gasteiger partial charge on any atom is -0.369 e. The summed E-state index contributed by atoms with van der Waals surface area (Å²) in [5.74, 6) is 0. The predicted octanol–water partition coefficient (Wildman–Crippen LogP) is 4.98. The number of hydrogen-bond acceptors (Lipinski definition) is 4. The van der Waals surface area contributed by atoms with Gasteiger partial charge in [0, 0.05) is 25.5 Å². The molecule has 4 nitrogen and oxygen atoms in total. The fourth-order valence-corrected chi connectivity index (χ4v) is 6.00. The minimum absolute atomic E-state index is 0.389. The minimum atomic E-state index is -3.38. The van der Waals surface area contributed by atoms with Crippen molar-refractivity contribution in [3.05, 3.63) is 64.9 Å². The van der Waals surface area contributed by atoms with E-state index in [2.05, 4.69) is 4.98 Å². The smallest absolute Gasteiger partial charge is 0.181 e. The monoisotopic (exact) mass is 420 g/mol. The highest BCUT2D eigenvalue weighted by molar-refractivity contribution is 7.92. The second-order valence-electron chi connectivity index (χ2n) is 6.69. The molecule has 1 saturated heterocycles. The van der Waals surface area contributed by atoms with Gasteiger partial charge in [0.05, 0.1) is 25.9 Å². The molecule has 1 aliphatic heterocycles. The number of anilines is 1. The molecule has 0 N–H and O–H groups in total. The van der Waals surface area contributed by atoms with E-state index in [1.807, 2.05) is 35.2 Å². The Bertz CT molecular complexity index is 1070. The van der Waals surface area contributed by atoms with E-state index >= 15 is 0 Å². The van der Waals surface area contributed by atoms with Gasteiger partial charge in [-0.3, -0.25) is 4.98 Å². The first-order chi connectivity index (χ1) is 13.0. The number of halogens is 2. The van der Waals surface area contributed by atoms with Crippen molar-refractivity contribution in [1.82, 2.24) is 4.98 Å². The molecule has 0 radical (unpaired) electrons. The number of hydrogen-bond donors (Lipinski definition) is 0. The SMILES string of the molecule is O=S(=O)(c1ccc2ccccc2c1)C1CCN(c2c(Cl)cncc2Cl)CC1. The molecule has 1 aromatic heterocycles. The molecule has 0 atom stereocenters. The summed E-state index contributed by atoms with van der Waals surface area (Å²) in [5.41, 5.74) is 0.731. The zero-order valence-electron chi connectivity index (χ0n) is 14.5. The zero-order chi connectivity index (χ0) is 19.0. The van der Waals surface area contributed by atoms with Crippen LogP contribution in [0.2, 0.25) is 10.0 Å². The summed E-state index contributed by atoms with van der Waals surface area (Å²) < 4.78 is 26.3. The third kappa shape index (κ3) is 3.51. The number of nitrogens with zero attached hydrogens (tertiary/aromatic N) is 2. The van der Waals surface area contributed by atoms with Crippen LogP contribution in [0.5, 0.6) is 0 Å². The fourth-order valence-electron chi connectivity index (χ4n) is 3.63. The lowest BCUT2D eigenvalue weighted by Gasteiger charge is -2.34. The van der Waals surface area contributed by atoms with E-state index in [0.29, 0.717) is 40.9 Å². The van der Waals surface area contributed by atoms with Gasteiger partial charge < -0.3 is 4.90 Å². The normalized spacial score (nSPS) is 16.0. The molecule has 0 spiro atoms. The number of aromatic nitrogens is 1. The predicted molar refractivity (Wildman–Crippen MR) is 111 cm³/mol. The van der Waals surface area contributed by atoms with E-state index in [-0.39, 0.29) is 0 Å². The number of fused-ring (bicyclic) bond motifs is 1. The zero-order valence-corrected chi connectivity index (χ0v) is 16.8. The molecule has 1 aliphatic rings. The van der Waals surface area contributed by atoms with Crippen LogP contribution in [-0.2, 0) is 9.84 Å². The highest BCUT2D eigenvalue weighted by Gasteiger charge is 2.32. The summed E-state index contributed by atoms with van der Waals surface area (Å²) in [5, 5.41) is 2.53. The summed E-state index contributed by atoms with van der Waals surface area (Å²) in [6.07, 6.45) is 4.18. The first-order valence-corrected chi connectivity index (χ1v) is 11.0. The van der Waals surface area contributed by atoms with Crippen molar-refractivity contribution in [3.8, 4) is 0 Å². The van der Waals surface area contributed by atoms with Crippen LogP contribution in [0.4, 0.5) is 5.69 Å². The summed E-state index contributed by atoms with van der Waals surface area (Å²) in [6.45, 7) is 1.17. The van der Waals surface area contributed by atoms with E-state index in [1.54, 1.807) is 24.5 Å². The molecule has 2 aromatic carbocycles. The van der Waals surface area contributed by atoms with Crippen molar-refractivity contribution in [2.24, 2.45) is 0 Å². The average molecular weight is 421 g/mol. The first-order valence-electron chi connectivity index (χ1n) is 8.73. The van der Waals surface area contributed by atoms with Crippen LogP contribution in [-0.4, -0.2) is 31.7 Å². The molecule has 3 aromatic rings. The highest BCUT2D eigenvalue weighted by atomic mass is 35.5. The van der Waals surface area contributed by atoms with Crippen LogP contribution >= 0.6 is 23.2 Å². The van der Waals surface area contributed by atoms with Crippen molar-refractivity contribution in [3.63, 3.8) is 0 Å². The van der Waals surface area contributed by atoms with E-state index in [0.717, 1.165) is 16.5 Å². The van der Waals surface area contributed by atoms with Gasteiger partial charge in [-0.25, -0.2) is 8.42 Å². The van der Waals surface area contributed by atoms with E-state index in [1.165, 1.54) is 0 Å². The Labute approximate surface area is 168 Å². The second-order valence-corrected chi connectivity index (χ2v) is 9.73. The molecule has 0 unspecified atom stereocenters. The van der Waals surface area contributed by atoms with Crippen LogP contribution in [0.25, 0.3) is 10.8 Å². The van der Waals surface area contributed by atoms with Gasteiger partial charge in [-0.2, -0.15) is 0 Å². The van der Waals surface area contributed by atoms with Crippen molar-refractivity contribution in [1.29, 1.82) is 0 Å². The summed E-state index contributed by atoms with van der Waals surface area (Å²) in [7, 11) is -3.38. The lowest BCUT2D eigenvalue weighted by Crippen LogP contribution is -2.39. The van der Waals surface area contributed by atoms with Crippen LogP contribution in [0, 0.1) is 0 Å². The topological polar surface area (TPSA) is 50.3 Å². The number of rotatable bonds is 3. The van der Waals surface area contributed by atoms with Gasteiger partial charge in [0.15, 0.2) is 9.84 Å². The van der Waals surface area contributed by atoms with Gasteiger partial charge >= 0.3 is 0 Å². The molecule has 4 rings (SSSR count). The lowest BCUT2D eigenvalue weighted by molar-refractivity contribution is 0.530. The molecule has 27 heavy (non-hydrogen) atoms. The van der Waals surface area contributed by atoms with Gasteiger partial charge in [-0.05, 0) is 35.7 Å². The molecule has 0 amide bonds. The maximum absolute atomic E-state index is 13.1. The Morgan fingerprint density at radius 2 is 1.56 bits per heavy atom. The Kier molecular flexibility index (Phi) is 5.01. The largest absolute Gasteiger partial charge is 0.369 e. The third-order valence-corrected chi connectivity index (χ3v) is 7.89. The highest BCUT2D eigenvalue weighted by Crippen LogP contribution is 2.36. The summed E-state index contributed by atoms with van der Waals surface area (Å²) in [4.78, 5) is 6.40. The van der Waals surface area contributed by atoms with Crippen molar-refractivity contribution < 1.29 is 8.42 Å². The molecule has 7 heteroatoms. The Hall–Kier alpha value is -1.82. The van der Waals surface area contributed by atoms with E-state index < -0.39 is 15.1 Å². The van der Waals surface area contributed by atoms with Crippen LogP contribution in [0.3, 0.4) is 0 Å². The van der Waals surface area contributed by atoms with E-state index in [4.69, 9.17) is 23.2 Å². The van der Waals surface area contributed by atoms with Crippen molar-refractivity contribution >= 4 is 49.5 Å². The molecule has 2 heterocycles. The average Bonchev–Trinajstić information content (AvgIpc) is 2.68. The summed E-state index contributed by atoms with van der Waals surface area (Å²) in [6, 6.07) is 13.1. The second kappa shape index (κ2) is 7.30. The fraction of sp³-hybridized carbons (Fsp3) is 0.250. The molecule has 0 bridgehead atoms. The van der Waals surface area contributed by atoms with Crippen molar-refractivity contribution in [2.75, 3.05) is 18.0 Å². The summed E-state index contributed by atoms with van der Waals surface area (Å²) >= 11 is 12.5. The molecule has 1 fully saturated rings. The number of pyridine rings is 1. The third-order valence-electron chi connectivity index (χ3n) is 5.07. The van der Waals surface area contributed by atoms with Gasteiger partial charge in [-0.1, -0.05) is 53.5 Å². The molecular weight excluding hydrogens is 403 g/mol. The van der Waals surface area contributed by atoms with Gasteiger partial charge in [-0.15, -0.1) is 0 Å². The molecular formula is C20H18Cl2N2O2S. The van der Waals surface area contributed by atoms with Crippen LogP contribution in [0.15, 0.2) is 59.8 Å².